The lowest BCUT2D eigenvalue weighted by molar-refractivity contribution is -0.660. The third-order valence-corrected chi connectivity index (χ3v) is 7.07. The lowest BCUT2D eigenvalue weighted by atomic mass is 9.94. The molecule has 4 aromatic carbocycles. The Balaban J connectivity index is 1.70. The Morgan fingerprint density at radius 1 is 0.706 bits per heavy atom. The smallest absolute Gasteiger partial charge is 0.216 e. The molecule has 166 valence electrons. The fraction of sp³-hybridized carbons (Fsp3) is 0.156. The van der Waals surface area contributed by atoms with Crippen LogP contribution in [0.2, 0.25) is 0 Å². The second-order valence-electron chi connectivity index (χ2n) is 9.62. The highest BCUT2D eigenvalue weighted by molar-refractivity contribution is 6.14. The van der Waals surface area contributed by atoms with E-state index >= 15 is 0 Å². The van der Waals surface area contributed by atoms with Gasteiger partial charge in [0.25, 0.3) is 0 Å². The minimum atomic E-state index is 0.944. The van der Waals surface area contributed by atoms with Gasteiger partial charge in [-0.3, -0.25) is 0 Å². The molecule has 0 bridgehead atoms. The molecule has 2 heterocycles. The number of hydrogen-bond donors (Lipinski definition) is 0. The summed E-state index contributed by atoms with van der Waals surface area (Å²) < 4.78 is 8.88. The number of nitrogens with zero attached hydrogens (tertiary/aromatic N) is 1. The highest BCUT2D eigenvalue weighted by atomic mass is 16.3. The third kappa shape index (κ3) is 3.13. The van der Waals surface area contributed by atoms with Crippen LogP contribution in [0.3, 0.4) is 0 Å². The van der Waals surface area contributed by atoms with Crippen molar-refractivity contribution in [2.45, 2.75) is 27.7 Å². The van der Waals surface area contributed by atoms with Crippen LogP contribution in [0.4, 0.5) is 0 Å². The van der Waals surface area contributed by atoms with Crippen molar-refractivity contribution in [3.63, 3.8) is 0 Å². The van der Waals surface area contributed by atoms with Gasteiger partial charge in [0.1, 0.15) is 18.2 Å². The summed E-state index contributed by atoms with van der Waals surface area (Å²) in [6.45, 7) is 8.71. The predicted molar refractivity (Wildman–Crippen MR) is 142 cm³/mol. The van der Waals surface area contributed by atoms with Crippen molar-refractivity contribution in [2.24, 2.45) is 7.05 Å². The van der Waals surface area contributed by atoms with Gasteiger partial charge in [-0.2, -0.15) is 0 Å². The van der Waals surface area contributed by atoms with Crippen molar-refractivity contribution in [1.29, 1.82) is 0 Å². The van der Waals surface area contributed by atoms with E-state index in [1.807, 2.05) is 0 Å². The van der Waals surface area contributed by atoms with E-state index < -0.39 is 0 Å². The number of hydrogen-bond acceptors (Lipinski definition) is 1. The summed E-state index contributed by atoms with van der Waals surface area (Å²) in [5.41, 5.74) is 11.7. The van der Waals surface area contributed by atoms with E-state index in [0.29, 0.717) is 0 Å². The van der Waals surface area contributed by atoms with Gasteiger partial charge in [-0.25, -0.2) is 4.57 Å². The van der Waals surface area contributed by atoms with Gasteiger partial charge in [-0.05, 0) is 72.9 Å². The first kappa shape index (κ1) is 20.7. The minimum absolute atomic E-state index is 0.944. The summed E-state index contributed by atoms with van der Waals surface area (Å²) >= 11 is 0. The number of rotatable bonds is 2. The van der Waals surface area contributed by atoms with E-state index in [9.17, 15) is 0 Å². The average molecular weight is 443 g/mol. The number of aryl methyl sites for hydroxylation is 5. The molecule has 0 atom stereocenters. The summed E-state index contributed by atoms with van der Waals surface area (Å²) in [6.07, 6.45) is 2.22. The monoisotopic (exact) mass is 442 g/mol. The molecule has 0 N–H and O–H groups in total. The molecule has 0 aliphatic heterocycles. The highest BCUT2D eigenvalue weighted by Gasteiger charge is 2.24. The summed E-state index contributed by atoms with van der Waals surface area (Å²) in [5, 5.41) is 4.86. The minimum Gasteiger partial charge on any atom is -0.455 e. The molecule has 0 radical (unpaired) electrons. The first-order valence-electron chi connectivity index (χ1n) is 11.8. The number of benzene rings is 4. The maximum absolute atomic E-state index is 6.66. The van der Waals surface area contributed by atoms with Gasteiger partial charge in [0.15, 0.2) is 6.20 Å². The van der Waals surface area contributed by atoms with Gasteiger partial charge in [0.2, 0.25) is 5.69 Å². The maximum atomic E-state index is 6.66. The van der Waals surface area contributed by atoms with Crippen molar-refractivity contribution >= 4 is 32.7 Å². The topological polar surface area (TPSA) is 17.0 Å². The van der Waals surface area contributed by atoms with Crippen LogP contribution in [-0.4, -0.2) is 0 Å². The zero-order chi connectivity index (χ0) is 23.6. The van der Waals surface area contributed by atoms with Crippen molar-refractivity contribution in [1.82, 2.24) is 0 Å². The van der Waals surface area contributed by atoms with E-state index in [2.05, 4.69) is 118 Å². The Morgan fingerprint density at radius 2 is 1.50 bits per heavy atom. The number of furan rings is 1. The van der Waals surface area contributed by atoms with Crippen LogP contribution in [0.1, 0.15) is 22.3 Å². The molecular weight excluding hydrogens is 414 g/mol. The predicted octanol–water partition coefficient (Wildman–Crippen LogP) is 8.13. The normalized spacial score (nSPS) is 11.7. The molecule has 0 spiro atoms. The van der Waals surface area contributed by atoms with E-state index in [4.69, 9.17) is 4.42 Å². The highest BCUT2D eigenvalue weighted by Crippen LogP contribution is 2.41. The number of aromatic nitrogens is 1. The van der Waals surface area contributed by atoms with Crippen LogP contribution in [0.5, 0.6) is 0 Å². The Bertz CT molecular complexity index is 1740. The Morgan fingerprint density at radius 3 is 2.29 bits per heavy atom. The van der Waals surface area contributed by atoms with E-state index in [1.54, 1.807) is 0 Å². The number of pyridine rings is 1. The van der Waals surface area contributed by atoms with Crippen LogP contribution in [-0.2, 0) is 7.05 Å². The van der Waals surface area contributed by atoms with Crippen LogP contribution in [0, 0.1) is 27.7 Å². The van der Waals surface area contributed by atoms with E-state index in [1.165, 1.54) is 54.9 Å². The average Bonchev–Trinajstić information content (AvgIpc) is 3.17. The molecule has 6 aromatic rings. The lowest BCUT2D eigenvalue weighted by Crippen LogP contribution is -2.31. The van der Waals surface area contributed by atoms with Crippen molar-refractivity contribution in [3.05, 3.63) is 101 Å². The molecule has 0 saturated heterocycles. The van der Waals surface area contributed by atoms with E-state index in [-0.39, 0.29) is 0 Å². The molecule has 6 rings (SSSR count). The van der Waals surface area contributed by atoms with Crippen LogP contribution >= 0.6 is 0 Å². The second kappa shape index (κ2) is 7.56. The fourth-order valence-corrected chi connectivity index (χ4v) is 5.45. The molecule has 0 fully saturated rings. The molecule has 0 aliphatic carbocycles. The molecule has 34 heavy (non-hydrogen) atoms. The van der Waals surface area contributed by atoms with Crippen molar-refractivity contribution < 1.29 is 8.98 Å². The molecule has 0 unspecified atom stereocenters. The Labute approximate surface area is 200 Å². The molecule has 2 heteroatoms. The molecule has 2 aromatic heterocycles. The standard InChI is InChI=1S/C32H28NO/c1-19-11-12-24-16-29-27(15-25(24)13-19)30-20(2)14-21(3)31(32(30)34-29)28-17-26(22(4)18-33(28)5)23-9-7-6-8-10-23/h6-18H,1-5H3/q+1. The SMILES string of the molecule is Cc1ccc2cc3oc4c(-c5cc(-c6ccccc6)c(C)c[n+]5C)c(C)cc(C)c4c3cc2c1. The number of fused-ring (bicyclic) bond motifs is 4. The molecule has 2 nitrogen and oxygen atoms in total. The molecular formula is C32H28NO+. The summed E-state index contributed by atoms with van der Waals surface area (Å²) in [5.74, 6) is 0. The maximum Gasteiger partial charge on any atom is 0.216 e. The second-order valence-corrected chi connectivity index (χ2v) is 9.62. The molecule has 0 aliphatic rings. The zero-order valence-corrected chi connectivity index (χ0v) is 20.4. The Hall–Kier alpha value is -3.91. The Kier molecular flexibility index (Phi) is 4.60. The van der Waals surface area contributed by atoms with Crippen LogP contribution < -0.4 is 4.57 Å². The zero-order valence-electron chi connectivity index (χ0n) is 20.4. The summed E-state index contributed by atoms with van der Waals surface area (Å²) in [7, 11) is 2.13. The van der Waals surface area contributed by atoms with Gasteiger partial charge in [0.05, 0.1) is 5.56 Å². The van der Waals surface area contributed by atoms with Crippen molar-refractivity contribution in [3.8, 4) is 22.4 Å². The van der Waals surface area contributed by atoms with E-state index in [0.717, 1.165) is 22.4 Å². The van der Waals surface area contributed by atoms with Gasteiger partial charge in [-0.1, -0.05) is 60.2 Å². The first-order chi connectivity index (χ1) is 16.4. The molecule has 0 saturated carbocycles. The van der Waals surface area contributed by atoms with Gasteiger partial charge >= 0.3 is 0 Å². The fourth-order valence-electron chi connectivity index (χ4n) is 5.45. The van der Waals surface area contributed by atoms with Crippen LogP contribution in [0.15, 0.2) is 83.4 Å². The third-order valence-electron chi connectivity index (χ3n) is 7.07. The molecule has 0 amide bonds. The van der Waals surface area contributed by atoms with Gasteiger partial charge < -0.3 is 4.42 Å². The van der Waals surface area contributed by atoms with Crippen LogP contribution in [0.25, 0.3) is 55.1 Å². The van der Waals surface area contributed by atoms with Gasteiger partial charge in [-0.15, -0.1) is 0 Å². The van der Waals surface area contributed by atoms with Crippen molar-refractivity contribution in [2.75, 3.05) is 0 Å². The summed E-state index contributed by atoms with van der Waals surface area (Å²) in [6, 6.07) is 26.3. The van der Waals surface area contributed by atoms with Gasteiger partial charge in [0, 0.05) is 22.4 Å². The summed E-state index contributed by atoms with van der Waals surface area (Å²) in [4.78, 5) is 0. The lowest BCUT2D eigenvalue weighted by Gasteiger charge is -2.11. The quantitative estimate of drug-likeness (QED) is 0.247. The largest absolute Gasteiger partial charge is 0.455 e. The first-order valence-corrected chi connectivity index (χ1v) is 11.8.